The molecule has 132 valence electrons. The zero-order valence-corrected chi connectivity index (χ0v) is 15.6. The Hall–Kier alpha value is -2.39. The molecule has 2 nitrogen and oxygen atoms in total. The monoisotopic (exact) mass is 361 g/mol. The fourth-order valence-electron chi connectivity index (χ4n) is 3.63. The molecular weight excluding hydrogens is 338 g/mol. The highest BCUT2D eigenvalue weighted by atomic mass is 32.1. The molecule has 4 rings (SSSR count). The molecule has 1 heterocycles. The average molecular weight is 362 g/mol. The van der Waals surface area contributed by atoms with Gasteiger partial charge in [0.25, 0.3) is 5.91 Å². The fraction of sp³-hybridized carbons (Fsp3) is 0.261. The molecule has 0 radical (unpaired) electrons. The summed E-state index contributed by atoms with van der Waals surface area (Å²) >= 11 is 1.68. The minimum Gasteiger partial charge on any atom is -0.340 e. The first-order chi connectivity index (χ1) is 12.8. The number of hydrogen-bond acceptors (Lipinski definition) is 2. The molecule has 2 aromatic carbocycles. The Bertz CT molecular complexity index is 807. The standard InChI is InChI=1S/C23H23NOS/c25-23(21-16-19-14-8-3-9-15-20(19)26-21)24-22(17-10-4-1-5-11-17)18-12-6-2-7-13-18/h1-2,4-7,10-13,16,22H,3,8-9,14-15H2,(H,24,25). The molecule has 0 aliphatic heterocycles. The smallest absolute Gasteiger partial charge is 0.262 e. The minimum absolute atomic E-state index is 0.0285. The van der Waals surface area contributed by atoms with Crippen molar-refractivity contribution in [2.45, 2.75) is 38.1 Å². The van der Waals surface area contributed by atoms with E-state index >= 15 is 0 Å². The summed E-state index contributed by atoms with van der Waals surface area (Å²) in [6, 6.07) is 22.4. The molecule has 1 amide bonds. The normalized spacial score (nSPS) is 13.9. The summed E-state index contributed by atoms with van der Waals surface area (Å²) in [6.07, 6.45) is 6.01. The van der Waals surface area contributed by atoms with E-state index in [9.17, 15) is 4.79 Å². The van der Waals surface area contributed by atoms with Crippen molar-refractivity contribution in [2.24, 2.45) is 0 Å². The number of fused-ring (bicyclic) bond motifs is 1. The van der Waals surface area contributed by atoms with Crippen LogP contribution >= 0.6 is 11.3 Å². The molecule has 1 aliphatic carbocycles. The van der Waals surface area contributed by atoms with E-state index in [1.807, 2.05) is 36.4 Å². The number of carbonyl (C=O) groups is 1. The van der Waals surface area contributed by atoms with E-state index in [2.05, 4.69) is 35.6 Å². The van der Waals surface area contributed by atoms with Crippen molar-refractivity contribution in [3.8, 4) is 0 Å². The minimum atomic E-state index is -0.133. The molecule has 0 atom stereocenters. The zero-order chi connectivity index (χ0) is 17.8. The molecule has 0 spiro atoms. The van der Waals surface area contributed by atoms with Crippen molar-refractivity contribution in [3.05, 3.63) is 93.2 Å². The zero-order valence-electron chi connectivity index (χ0n) is 14.8. The maximum atomic E-state index is 13.0. The molecule has 0 saturated heterocycles. The summed E-state index contributed by atoms with van der Waals surface area (Å²) in [7, 11) is 0. The van der Waals surface area contributed by atoms with Crippen LogP contribution in [0.4, 0.5) is 0 Å². The van der Waals surface area contributed by atoms with Gasteiger partial charge in [0.15, 0.2) is 0 Å². The van der Waals surface area contributed by atoms with E-state index in [0.717, 1.165) is 28.8 Å². The van der Waals surface area contributed by atoms with Gasteiger partial charge in [0.2, 0.25) is 0 Å². The summed E-state index contributed by atoms with van der Waals surface area (Å²) in [5.41, 5.74) is 3.59. The van der Waals surface area contributed by atoms with Gasteiger partial charge in [0.05, 0.1) is 10.9 Å². The van der Waals surface area contributed by atoms with Crippen LogP contribution in [0.25, 0.3) is 0 Å². The first kappa shape index (κ1) is 17.0. The Labute approximate surface area is 158 Å². The molecule has 1 aromatic heterocycles. The van der Waals surface area contributed by atoms with Gasteiger partial charge >= 0.3 is 0 Å². The highest BCUT2D eigenvalue weighted by Gasteiger charge is 2.21. The lowest BCUT2D eigenvalue weighted by Crippen LogP contribution is -2.28. The average Bonchev–Trinajstić information content (AvgIpc) is 2.98. The lowest BCUT2D eigenvalue weighted by atomic mass is 9.98. The van der Waals surface area contributed by atoms with Crippen molar-refractivity contribution in [1.82, 2.24) is 5.32 Å². The predicted octanol–water partition coefficient (Wildman–Crippen LogP) is 5.54. The third-order valence-electron chi connectivity index (χ3n) is 5.01. The topological polar surface area (TPSA) is 29.1 Å². The van der Waals surface area contributed by atoms with Crippen LogP contribution in [0.5, 0.6) is 0 Å². The Morgan fingerprint density at radius 2 is 1.46 bits per heavy atom. The summed E-state index contributed by atoms with van der Waals surface area (Å²) in [4.78, 5) is 15.3. The molecule has 26 heavy (non-hydrogen) atoms. The lowest BCUT2D eigenvalue weighted by Gasteiger charge is -2.19. The van der Waals surface area contributed by atoms with E-state index < -0.39 is 0 Å². The second-order valence-electron chi connectivity index (χ2n) is 6.85. The molecule has 0 fully saturated rings. The van der Waals surface area contributed by atoms with Crippen LogP contribution in [0.1, 0.15) is 56.5 Å². The second-order valence-corrected chi connectivity index (χ2v) is 7.98. The van der Waals surface area contributed by atoms with Gasteiger partial charge in [-0.3, -0.25) is 4.79 Å². The summed E-state index contributed by atoms with van der Waals surface area (Å²) in [5.74, 6) is 0.0285. The molecule has 0 unspecified atom stereocenters. The number of amides is 1. The lowest BCUT2D eigenvalue weighted by molar-refractivity contribution is 0.0947. The van der Waals surface area contributed by atoms with Gasteiger partial charge < -0.3 is 5.32 Å². The number of benzene rings is 2. The Kier molecular flexibility index (Phi) is 5.16. The van der Waals surface area contributed by atoms with Crippen LogP contribution in [0.15, 0.2) is 66.7 Å². The van der Waals surface area contributed by atoms with Gasteiger partial charge in [-0.25, -0.2) is 0 Å². The third kappa shape index (κ3) is 3.73. The number of nitrogens with one attached hydrogen (secondary N) is 1. The number of thiophene rings is 1. The first-order valence-corrected chi connectivity index (χ1v) is 10.2. The molecule has 0 bridgehead atoms. The van der Waals surface area contributed by atoms with Crippen molar-refractivity contribution in [2.75, 3.05) is 0 Å². The predicted molar refractivity (Wildman–Crippen MR) is 108 cm³/mol. The number of carbonyl (C=O) groups excluding carboxylic acids is 1. The SMILES string of the molecule is O=C(NC(c1ccccc1)c1ccccc1)c1cc2c(s1)CCCCC2. The van der Waals surface area contributed by atoms with Gasteiger partial charge in [0, 0.05) is 4.88 Å². The van der Waals surface area contributed by atoms with Gasteiger partial charge in [-0.1, -0.05) is 67.1 Å². The maximum Gasteiger partial charge on any atom is 0.262 e. The van der Waals surface area contributed by atoms with Crippen LogP contribution in [-0.2, 0) is 12.8 Å². The summed E-state index contributed by atoms with van der Waals surface area (Å²) < 4.78 is 0. The van der Waals surface area contributed by atoms with Crippen LogP contribution in [-0.4, -0.2) is 5.91 Å². The molecule has 3 aromatic rings. The van der Waals surface area contributed by atoms with Crippen molar-refractivity contribution < 1.29 is 4.79 Å². The van der Waals surface area contributed by atoms with Gasteiger partial charge in [-0.05, 0) is 48.4 Å². The van der Waals surface area contributed by atoms with Crippen LogP contribution in [0, 0.1) is 0 Å². The van der Waals surface area contributed by atoms with Gasteiger partial charge in [0.1, 0.15) is 0 Å². The first-order valence-electron chi connectivity index (χ1n) is 9.33. The van der Waals surface area contributed by atoms with Crippen molar-refractivity contribution >= 4 is 17.2 Å². The molecule has 0 saturated carbocycles. The highest BCUT2D eigenvalue weighted by molar-refractivity contribution is 7.14. The largest absolute Gasteiger partial charge is 0.340 e. The van der Waals surface area contributed by atoms with Crippen LogP contribution < -0.4 is 5.32 Å². The number of aryl methyl sites for hydroxylation is 2. The molecule has 1 N–H and O–H groups in total. The quantitative estimate of drug-likeness (QED) is 0.608. The number of rotatable bonds is 4. The Balaban J connectivity index is 1.61. The summed E-state index contributed by atoms with van der Waals surface area (Å²) in [5, 5.41) is 3.26. The Morgan fingerprint density at radius 1 is 0.846 bits per heavy atom. The number of hydrogen-bond donors (Lipinski definition) is 1. The fourth-order valence-corrected chi connectivity index (χ4v) is 4.79. The van der Waals surface area contributed by atoms with Gasteiger partial charge in [-0.15, -0.1) is 11.3 Å². The highest BCUT2D eigenvalue weighted by Crippen LogP contribution is 2.30. The van der Waals surface area contributed by atoms with Crippen LogP contribution in [0.2, 0.25) is 0 Å². The maximum absolute atomic E-state index is 13.0. The van der Waals surface area contributed by atoms with E-state index in [-0.39, 0.29) is 11.9 Å². The molecule has 3 heteroatoms. The van der Waals surface area contributed by atoms with Crippen LogP contribution in [0.3, 0.4) is 0 Å². The van der Waals surface area contributed by atoms with E-state index in [1.165, 1.54) is 29.7 Å². The van der Waals surface area contributed by atoms with Gasteiger partial charge in [-0.2, -0.15) is 0 Å². The molecular formula is C23H23NOS. The molecule has 1 aliphatic rings. The third-order valence-corrected chi connectivity index (χ3v) is 6.25. The van der Waals surface area contributed by atoms with E-state index in [0.29, 0.717) is 0 Å². The van der Waals surface area contributed by atoms with E-state index in [4.69, 9.17) is 0 Å². The van der Waals surface area contributed by atoms with E-state index in [1.54, 1.807) is 11.3 Å². The Morgan fingerprint density at radius 3 is 2.12 bits per heavy atom. The second kappa shape index (κ2) is 7.88. The van der Waals surface area contributed by atoms with Crippen molar-refractivity contribution in [3.63, 3.8) is 0 Å². The van der Waals surface area contributed by atoms with Crippen molar-refractivity contribution in [1.29, 1.82) is 0 Å². The summed E-state index contributed by atoms with van der Waals surface area (Å²) in [6.45, 7) is 0.